The van der Waals surface area contributed by atoms with Gasteiger partial charge in [0.05, 0.1) is 53.2 Å². The van der Waals surface area contributed by atoms with Crippen molar-refractivity contribution in [1.29, 1.82) is 0 Å². The molecule has 0 radical (unpaired) electrons. The van der Waals surface area contributed by atoms with E-state index in [0.29, 0.717) is 70.4 Å². The smallest absolute Gasteiger partial charge is 0.338 e. The van der Waals surface area contributed by atoms with Crippen LogP contribution in [0.4, 0.5) is 11.4 Å². The molecule has 11 nitrogen and oxygen atoms in total. The van der Waals surface area contributed by atoms with Crippen LogP contribution >= 0.6 is 11.3 Å². The van der Waals surface area contributed by atoms with Gasteiger partial charge in [-0.25, -0.2) is 9.79 Å². The van der Waals surface area contributed by atoms with Crippen LogP contribution in [0, 0.1) is 10.1 Å². The largest absolute Gasteiger partial charge is 0.494 e. The number of hydrogen-bond acceptors (Lipinski definition) is 10. The van der Waals surface area contributed by atoms with E-state index >= 15 is 0 Å². The number of ether oxygens (including phenoxy) is 3. The van der Waals surface area contributed by atoms with Crippen LogP contribution in [0.15, 0.2) is 88.2 Å². The van der Waals surface area contributed by atoms with Gasteiger partial charge in [0.1, 0.15) is 5.75 Å². The number of carbonyl (C=O) groups is 1. The summed E-state index contributed by atoms with van der Waals surface area (Å²) in [6.07, 6.45) is 1.67. The van der Waals surface area contributed by atoms with Crippen LogP contribution in [-0.4, -0.2) is 55.0 Å². The molecule has 0 N–H and O–H groups in total. The molecule has 3 aromatic carbocycles. The van der Waals surface area contributed by atoms with Crippen molar-refractivity contribution in [2.75, 3.05) is 44.4 Å². The van der Waals surface area contributed by atoms with Gasteiger partial charge in [0.2, 0.25) is 0 Å². The summed E-state index contributed by atoms with van der Waals surface area (Å²) in [7, 11) is 0. The number of aromatic nitrogens is 1. The Hall–Kier alpha value is -5.07. The van der Waals surface area contributed by atoms with Crippen LogP contribution in [0.2, 0.25) is 0 Å². The van der Waals surface area contributed by atoms with E-state index in [2.05, 4.69) is 4.90 Å². The minimum Gasteiger partial charge on any atom is -0.494 e. The van der Waals surface area contributed by atoms with Crippen LogP contribution in [0.3, 0.4) is 0 Å². The summed E-state index contributed by atoms with van der Waals surface area (Å²) in [5, 5.41) is 11.7. The van der Waals surface area contributed by atoms with Gasteiger partial charge in [0.25, 0.3) is 11.2 Å². The van der Waals surface area contributed by atoms with E-state index in [1.165, 1.54) is 28.0 Å². The fourth-order valence-electron chi connectivity index (χ4n) is 5.67. The Morgan fingerprint density at radius 2 is 1.80 bits per heavy atom. The molecule has 0 unspecified atom stereocenters. The molecule has 4 aromatic rings. The van der Waals surface area contributed by atoms with Crippen molar-refractivity contribution < 1.29 is 23.9 Å². The number of esters is 1. The van der Waals surface area contributed by atoms with Gasteiger partial charge < -0.3 is 19.1 Å². The highest BCUT2D eigenvalue weighted by Gasteiger charge is 2.35. The van der Waals surface area contributed by atoms with Crippen molar-refractivity contribution in [3.63, 3.8) is 0 Å². The van der Waals surface area contributed by atoms with Gasteiger partial charge in [-0.1, -0.05) is 53.8 Å². The molecule has 236 valence electrons. The molecule has 0 aliphatic carbocycles. The monoisotopic (exact) mass is 640 g/mol. The highest BCUT2D eigenvalue weighted by atomic mass is 32.1. The van der Waals surface area contributed by atoms with Crippen molar-refractivity contribution in [1.82, 2.24) is 4.57 Å². The Kier molecular flexibility index (Phi) is 9.08. The van der Waals surface area contributed by atoms with Crippen molar-refractivity contribution in [3.8, 4) is 5.75 Å². The summed E-state index contributed by atoms with van der Waals surface area (Å²) in [6, 6.07) is 20.4. The number of rotatable bonds is 9. The lowest BCUT2D eigenvalue weighted by Crippen LogP contribution is -2.40. The zero-order valence-electron chi connectivity index (χ0n) is 25.4. The van der Waals surface area contributed by atoms with Crippen molar-refractivity contribution in [2.45, 2.75) is 19.9 Å². The third-order valence-electron chi connectivity index (χ3n) is 7.74. The van der Waals surface area contributed by atoms with Crippen molar-refractivity contribution >= 4 is 40.5 Å². The number of fused-ring (bicyclic) bond motifs is 1. The fourth-order valence-corrected chi connectivity index (χ4v) is 6.67. The molecule has 12 heteroatoms. The van der Waals surface area contributed by atoms with Gasteiger partial charge >= 0.3 is 5.97 Å². The lowest BCUT2D eigenvalue weighted by atomic mass is 9.93. The average molecular weight is 641 g/mol. The summed E-state index contributed by atoms with van der Waals surface area (Å²) < 4.78 is 18.5. The van der Waals surface area contributed by atoms with Crippen LogP contribution in [0.1, 0.15) is 36.6 Å². The van der Waals surface area contributed by atoms with E-state index < -0.39 is 16.9 Å². The molecule has 46 heavy (non-hydrogen) atoms. The molecular formula is C34H32N4O7S. The quantitative estimate of drug-likeness (QED) is 0.152. The first-order valence-electron chi connectivity index (χ1n) is 15.0. The molecule has 0 saturated carbocycles. The standard InChI is InChI=1S/C34H32N4O7S/c1-3-44-26-13-10-23(11-14-26)31-29(33(40)45-4-2)30(22-8-6-5-7-9-22)35-34-37(31)32(39)28(46-34)21-24-20-25(38(41)42)12-15-27(24)36-16-18-43-19-17-36/h5-15,20-21,31H,3-4,16-19H2,1-2H3/b28-21+/t31-/m0/s1. The third kappa shape index (κ3) is 6.09. The number of thiazole rings is 1. The second-order valence-electron chi connectivity index (χ2n) is 10.5. The number of nitro benzene ring substituents is 1. The van der Waals surface area contributed by atoms with Gasteiger partial charge in [0.15, 0.2) is 4.80 Å². The summed E-state index contributed by atoms with van der Waals surface area (Å²) in [6.45, 7) is 6.53. The van der Waals surface area contributed by atoms with Gasteiger partial charge in [-0.05, 0) is 43.7 Å². The summed E-state index contributed by atoms with van der Waals surface area (Å²) in [5.74, 6) is 0.0801. The van der Waals surface area contributed by atoms with Gasteiger partial charge in [0, 0.05) is 42.0 Å². The molecule has 1 aromatic heterocycles. The Bertz CT molecular complexity index is 1980. The Morgan fingerprint density at radius 3 is 2.48 bits per heavy atom. The highest BCUT2D eigenvalue weighted by molar-refractivity contribution is 7.07. The molecule has 2 aliphatic rings. The van der Waals surface area contributed by atoms with Gasteiger partial charge in [-0.2, -0.15) is 0 Å². The number of non-ortho nitro benzene ring substituents is 1. The van der Waals surface area contributed by atoms with E-state index in [4.69, 9.17) is 19.2 Å². The molecule has 0 spiro atoms. The molecule has 1 fully saturated rings. The van der Waals surface area contributed by atoms with Crippen molar-refractivity contribution in [2.24, 2.45) is 4.99 Å². The topological polar surface area (TPSA) is 126 Å². The molecular weight excluding hydrogens is 608 g/mol. The minimum atomic E-state index is -0.854. The maximum Gasteiger partial charge on any atom is 0.338 e. The number of hydrogen-bond donors (Lipinski definition) is 0. The number of morpholine rings is 1. The molecule has 6 rings (SSSR count). The fraction of sp³-hybridized carbons (Fsp3) is 0.265. The van der Waals surface area contributed by atoms with Crippen LogP contribution in [0.5, 0.6) is 5.75 Å². The van der Waals surface area contributed by atoms with Gasteiger partial charge in [-0.15, -0.1) is 0 Å². The lowest BCUT2D eigenvalue weighted by Gasteiger charge is -2.30. The molecule has 1 atom stereocenters. The zero-order valence-corrected chi connectivity index (χ0v) is 26.2. The molecule has 0 bridgehead atoms. The maximum absolute atomic E-state index is 14.4. The number of anilines is 1. The normalized spacial score (nSPS) is 16.5. The predicted octanol–water partition coefficient (Wildman–Crippen LogP) is 4.08. The second kappa shape index (κ2) is 13.5. The van der Waals surface area contributed by atoms with E-state index in [1.807, 2.05) is 49.4 Å². The molecule has 2 aliphatic heterocycles. The van der Waals surface area contributed by atoms with Crippen LogP contribution in [0.25, 0.3) is 11.8 Å². The average Bonchev–Trinajstić information content (AvgIpc) is 3.39. The van der Waals surface area contributed by atoms with E-state index in [1.54, 1.807) is 31.2 Å². The number of nitrogens with zero attached hydrogens (tertiary/aromatic N) is 4. The Morgan fingerprint density at radius 1 is 1.07 bits per heavy atom. The zero-order chi connectivity index (χ0) is 32.2. The van der Waals surface area contributed by atoms with E-state index in [0.717, 1.165) is 5.69 Å². The van der Waals surface area contributed by atoms with Crippen LogP contribution in [-0.2, 0) is 14.3 Å². The molecule has 1 saturated heterocycles. The second-order valence-corrected chi connectivity index (χ2v) is 11.5. The van der Waals surface area contributed by atoms with Gasteiger partial charge in [-0.3, -0.25) is 19.5 Å². The first kappa shape index (κ1) is 30.9. The van der Waals surface area contributed by atoms with E-state index in [9.17, 15) is 19.7 Å². The summed E-state index contributed by atoms with van der Waals surface area (Å²) in [5.41, 5.74) is 2.86. The predicted molar refractivity (Wildman–Crippen MR) is 175 cm³/mol. The Balaban J connectivity index is 1.60. The number of benzene rings is 3. The minimum absolute atomic E-state index is 0.0840. The first-order valence-corrected chi connectivity index (χ1v) is 15.8. The van der Waals surface area contributed by atoms with E-state index in [-0.39, 0.29) is 23.4 Å². The maximum atomic E-state index is 14.4. The molecule has 0 amide bonds. The van der Waals surface area contributed by atoms with Crippen LogP contribution < -0.4 is 24.5 Å². The Labute approximate surface area is 268 Å². The lowest BCUT2D eigenvalue weighted by molar-refractivity contribution is -0.384. The number of carbonyl (C=O) groups excluding carboxylic acids is 1. The third-order valence-corrected chi connectivity index (χ3v) is 8.72. The summed E-state index contributed by atoms with van der Waals surface area (Å²) in [4.78, 5) is 46.7. The SMILES string of the molecule is CCOC(=O)C1=C(c2ccccc2)N=c2s/c(=C/c3cc([N+](=O)[O-])ccc3N3CCOCC3)c(=O)n2[C@H]1c1ccc(OCC)cc1. The van der Waals surface area contributed by atoms with Crippen molar-refractivity contribution in [3.05, 3.63) is 125 Å². The first-order chi connectivity index (χ1) is 22.4. The number of nitro groups is 1. The highest BCUT2D eigenvalue weighted by Crippen LogP contribution is 2.36. The summed E-state index contributed by atoms with van der Waals surface area (Å²) >= 11 is 1.17. The molecule has 3 heterocycles.